The zero-order valence-electron chi connectivity index (χ0n) is 57.9. The number of ether oxygens (including phenoxy) is 1. The van der Waals surface area contributed by atoms with Gasteiger partial charge in [-0.2, -0.15) is 0 Å². The summed E-state index contributed by atoms with van der Waals surface area (Å²) in [6.45, 7) is 29.9. The maximum Gasteiger partial charge on any atom is 0.338 e. The van der Waals surface area contributed by atoms with Crippen LogP contribution in [0.2, 0.25) is 0 Å². The molecule has 1 aliphatic heterocycles. The van der Waals surface area contributed by atoms with Crippen molar-refractivity contribution in [3.8, 4) is 0 Å². The standard InChI is InChI=1S/C64H113N11O13/c1-26-28-29-41(15)34-47-55(78)67-44(27-2)58(81)75(24)52(64(87)88-25)63(86)70(19)46(31-36(5)6)56(79)68-50(39(11)12)61(84)69(18)45(30-35(3)4)54(77)65-42(16)53(76)66-43(17)57(80)72(21)48(32-37(7)8)59(82)73(22)49(33-38(9)10)60(83)74(23)51(40(13)14)62(85)71(47)20/h26,28,35-52H,27,29-34H2,1-25H3,(H,65,77)(H,66,76)(H,67,78)(H,68,79)/b28-26+/t41-,42-,43+,44+,45-,46+,47?,48-,49+,50-,51+,52?/m1/s1. The minimum Gasteiger partial charge on any atom is -0.467 e. The highest BCUT2D eigenvalue weighted by atomic mass is 16.5. The number of rotatable bonds is 16. The van der Waals surface area contributed by atoms with E-state index >= 15 is 9.59 Å². The van der Waals surface area contributed by atoms with Crippen LogP contribution in [0, 0.1) is 41.4 Å². The molecule has 0 radical (unpaired) electrons. The van der Waals surface area contributed by atoms with Crippen LogP contribution in [0.1, 0.15) is 163 Å². The molecule has 0 saturated carbocycles. The smallest absolute Gasteiger partial charge is 0.338 e. The molecular weight excluding hydrogens is 1130 g/mol. The molecule has 11 amide bonds. The van der Waals surface area contributed by atoms with Crippen molar-refractivity contribution in [3.63, 3.8) is 0 Å². The number of allylic oxidation sites excluding steroid dienone is 2. The minimum atomic E-state index is -1.98. The third-order valence-electron chi connectivity index (χ3n) is 16.5. The lowest BCUT2D eigenvalue weighted by Crippen LogP contribution is -2.63. The second-order valence-corrected chi connectivity index (χ2v) is 26.7. The molecule has 4 N–H and O–H groups in total. The van der Waals surface area contributed by atoms with Gasteiger partial charge in [-0.25, -0.2) is 4.79 Å². The minimum absolute atomic E-state index is 0.0227. The molecule has 0 aromatic heterocycles. The number of hydrogen-bond donors (Lipinski definition) is 4. The molecule has 24 heteroatoms. The van der Waals surface area contributed by atoms with Gasteiger partial charge in [0.1, 0.15) is 60.4 Å². The molecule has 0 spiro atoms. The molecule has 0 aromatic rings. The Labute approximate surface area is 526 Å². The van der Waals surface area contributed by atoms with Gasteiger partial charge in [0, 0.05) is 49.3 Å². The van der Waals surface area contributed by atoms with Crippen LogP contribution in [0.25, 0.3) is 0 Å². The van der Waals surface area contributed by atoms with Gasteiger partial charge in [0.15, 0.2) is 0 Å². The summed E-state index contributed by atoms with van der Waals surface area (Å²) in [4.78, 5) is 184. The average molecular weight is 1240 g/mol. The van der Waals surface area contributed by atoms with Crippen LogP contribution in [-0.4, -0.2) is 228 Å². The predicted octanol–water partition coefficient (Wildman–Crippen LogP) is 3.84. The fourth-order valence-corrected chi connectivity index (χ4v) is 11.1. The second kappa shape index (κ2) is 36.1. The molecule has 1 aliphatic rings. The normalized spacial score (nSPS) is 26.8. The maximum absolute atomic E-state index is 15.2. The average Bonchev–Trinajstić information content (AvgIpc) is 1.46. The van der Waals surface area contributed by atoms with Crippen LogP contribution in [0.15, 0.2) is 12.2 Å². The molecule has 88 heavy (non-hydrogen) atoms. The first-order valence-corrected chi connectivity index (χ1v) is 31.4. The van der Waals surface area contributed by atoms with Gasteiger partial charge in [0.2, 0.25) is 65.1 Å². The van der Waals surface area contributed by atoms with Gasteiger partial charge in [0.25, 0.3) is 5.91 Å². The molecule has 1 heterocycles. The SMILES string of the molecule is C/C=C/C[C@@H](C)CC1C(=O)N[C@@H](CC)C(=O)N(C)C(C(=O)OC)C(=O)N(C)[C@@H](CC(C)C)C(=O)N[C@H](C(C)C)C(=O)N(C)[C@H](CC(C)C)C(=O)N[C@H](C)C(=O)N[C@@H](C)C(=O)N(C)[C@H](CC(C)C)C(=O)N(C)[C@@H](CC(C)C)C(=O)N(C)[C@@H](C(C)C)C(=O)N1C. The van der Waals surface area contributed by atoms with Gasteiger partial charge >= 0.3 is 5.97 Å². The highest BCUT2D eigenvalue weighted by Gasteiger charge is 2.46. The fourth-order valence-electron chi connectivity index (χ4n) is 11.1. The molecule has 0 bridgehead atoms. The van der Waals surface area contributed by atoms with E-state index in [0.29, 0.717) is 6.42 Å². The van der Waals surface area contributed by atoms with Crippen molar-refractivity contribution < 1.29 is 62.3 Å². The first kappa shape index (κ1) is 79.4. The quantitative estimate of drug-likeness (QED) is 0.0973. The van der Waals surface area contributed by atoms with Crippen molar-refractivity contribution in [3.05, 3.63) is 12.2 Å². The second-order valence-electron chi connectivity index (χ2n) is 26.7. The third kappa shape index (κ3) is 21.9. The van der Waals surface area contributed by atoms with E-state index in [1.807, 2.05) is 67.5 Å². The van der Waals surface area contributed by atoms with Crippen molar-refractivity contribution >= 4 is 70.9 Å². The van der Waals surface area contributed by atoms with Gasteiger partial charge in [-0.05, 0) is 107 Å². The van der Waals surface area contributed by atoms with E-state index < -0.39 is 149 Å². The number of amides is 11. The first-order chi connectivity index (χ1) is 40.7. The number of carbonyl (C=O) groups is 12. The summed E-state index contributed by atoms with van der Waals surface area (Å²) in [6, 6.07) is -14.3. The van der Waals surface area contributed by atoms with Gasteiger partial charge in [0.05, 0.1) is 7.11 Å². The largest absolute Gasteiger partial charge is 0.467 e. The highest BCUT2D eigenvalue weighted by Crippen LogP contribution is 2.26. The maximum atomic E-state index is 15.2. The van der Waals surface area contributed by atoms with Crippen molar-refractivity contribution in [1.29, 1.82) is 0 Å². The Morgan fingerprint density at radius 1 is 0.443 bits per heavy atom. The zero-order valence-corrected chi connectivity index (χ0v) is 57.9. The molecule has 12 atom stereocenters. The monoisotopic (exact) mass is 1240 g/mol. The number of esters is 1. The zero-order chi connectivity index (χ0) is 68.3. The number of hydrogen-bond acceptors (Lipinski definition) is 13. The number of nitrogens with one attached hydrogen (secondary N) is 4. The molecule has 0 aliphatic carbocycles. The molecule has 1 rings (SSSR count). The Hall–Kier alpha value is -6.62. The number of likely N-dealkylation sites (N-methyl/N-ethyl adjacent to an activating group) is 7. The molecular formula is C64H113N11O13. The summed E-state index contributed by atoms with van der Waals surface area (Å²) in [5.41, 5.74) is 0. The van der Waals surface area contributed by atoms with Crippen molar-refractivity contribution in [2.45, 2.75) is 229 Å². The molecule has 1 fully saturated rings. The van der Waals surface area contributed by atoms with E-state index in [1.54, 1.807) is 48.5 Å². The Morgan fingerprint density at radius 3 is 1.26 bits per heavy atom. The van der Waals surface area contributed by atoms with Crippen LogP contribution in [0.5, 0.6) is 0 Å². The number of nitrogens with zero attached hydrogens (tertiary/aromatic N) is 7. The Kier molecular flexibility index (Phi) is 32.6. The Morgan fingerprint density at radius 2 is 0.830 bits per heavy atom. The van der Waals surface area contributed by atoms with E-state index in [4.69, 9.17) is 4.74 Å². The van der Waals surface area contributed by atoms with Crippen LogP contribution >= 0.6 is 0 Å². The number of methoxy groups -OCH3 is 1. The fraction of sp³-hybridized carbons (Fsp3) is 0.781. The Balaban J connectivity index is 4.45. The highest BCUT2D eigenvalue weighted by molar-refractivity contribution is 6.07. The summed E-state index contributed by atoms with van der Waals surface area (Å²) in [6.07, 6.45) is 4.82. The molecule has 2 unspecified atom stereocenters. The van der Waals surface area contributed by atoms with E-state index in [0.717, 1.165) is 16.9 Å². The Bertz CT molecular complexity index is 2450. The van der Waals surface area contributed by atoms with Gasteiger partial charge in [-0.15, -0.1) is 0 Å². The van der Waals surface area contributed by atoms with E-state index in [1.165, 1.54) is 87.7 Å². The van der Waals surface area contributed by atoms with Crippen LogP contribution < -0.4 is 21.3 Å². The number of carbonyl (C=O) groups excluding carboxylic acids is 12. The summed E-state index contributed by atoms with van der Waals surface area (Å²) in [5.74, 6) is -11.1. The van der Waals surface area contributed by atoms with Crippen molar-refractivity contribution in [2.75, 3.05) is 56.4 Å². The summed E-state index contributed by atoms with van der Waals surface area (Å²) < 4.78 is 5.10. The molecule has 24 nitrogen and oxygen atoms in total. The summed E-state index contributed by atoms with van der Waals surface area (Å²) in [5, 5.41) is 11.0. The van der Waals surface area contributed by atoms with Gasteiger partial charge in [-0.3, -0.25) is 52.7 Å². The van der Waals surface area contributed by atoms with Crippen LogP contribution in [0.4, 0.5) is 0 Å². The van der Waals surface area contributed by atoms with Gasteiger partial charge in [-0.1, -0.05) is 109 Å². The summed E-state index contributed by atoms with van der Waals surface area (Å²) >= 11 is 0. The van der Waals surface area contributed by atoms with E-state index in [-0.39, 0.29) is 68.1 Å². The lowest BCUT2D eigenvalue weighted by Gasteiger charge is -2.41. The molecule has 502 valence electrons. The molecule has 1 saturated heterocycles. The van der Waals surface area contributed by atoms with Crippen molar-refractivity contribution in [1.82, 2.24) is 55.6 Å². The third-order valence-corrected chi connectivity index (χ3v) is 16.5. The van der Waals surface area contributed by atoms with Gasteiger partial charge < -0.3 is 60.3 Å². The van der Waals surface area contributed by atoms with E-state index in [2.05, 4.69) is 21.3 Å². The predicted molar refractivity (Wildman–Crippen MR) is 338 cm³/mol. The molecule has 0 aromatic carbocycles. The van der Waals surface area contributed by atoms with Crippen LogP contribution in [0.3, 0.4) is 0 Å². The van der Waals surface area contributed by atoms with Crippen molar-refractivity contribution in [2.24, 2.45) is 41.4 Å². The van der Waals surface area contributed by atoms with Crippen LogP contribution in [-0.2, 0) is 62.3 Å². The van der Waals surface area contributed by atoms with E-state index in [9.17, 15) is 47.9 Å². The lowest BCUT2D eigenvalue weighted by atomic mass is 9.93. The lowest BCUT2D eigenvalue weighted by molar-refractivity contribution is -0.162. The first-order valence-electron chi connectivity index (χ1n) is 31.4. The summed E-state index contributed by atoms with van der Waals surface area (Å²) in [7, 11) is 10.8. The topological polar surface area (TPSA) is 285 Å².